The average Bonchev–Trinajstić information content (AvgIpc) is 3.11. The molecule has 0 bridgehead atoms. The molecule has 6 heteroatoms. The van der Waals surface area contributed by atoms with Gasteiger partial charge in [0.05, 0.1) is 25.3 Å². The van der Waals surface area contributed by atoms with Gasteiger partial charge in [0.25, 0.3) is 0 Å². The molecule has 32 heavy (non-hydrogen) atoms. The van der Waals surface area contributed by atoms with Gasteiger partial charge in [0, 0.05) is 5.56 Å². The van der Waals surface area contributed by atoms with Gasteiger partial charge >= 0.3 is 5.97 Å². The van der Waals surface area contributed by atoms with Crippen LogP contribution >= 0.6 is 0 Å². The summed E-state index contributed by atoms with van der Waals surface area (Å²) in [5, 5.41) is 0. The van der Waals surface area contributed by atoms with Crippen LogP contribution in [0.2, 0.25) is 0 Å². The molecule has 0 radical (unpaired) electrons. The lowest BCUT2D eigenvalue weighted by Gasteiger charge is -2.10. The molecule has 0 spiro atoms. The molecule has 162 valence electrons. The van der Waals surface area contributed by atoms with Crippen LogP contribution in [-0.2, 0) is 0 Å². The second kappa shape index (κ2) is 8.59. The minimum Gasteiger partial charge on any atom is -0.493 e. The first-order valence-corrected chi connectivity index (χ1v) is 10.00. The van der Waals surface area contributed by atoms with Crippen LogP contribution in [0.5, 0.6) is 23.0 Å². The number of allylic oxidation sites excluding steroid dienone is 1. The molecule has 0 amide bonds. The Morgan fingerprint density at radius 2 is 1.66 bits per heavy atom. The Bertz CT molecular complexity index is 1260. The van der Waals surface area contributed by atoms with Crippen molar-refractivity contribution in [2.24, 2.45) is 0 Å². The van der Waals surface area contributed by atoms with Crippen LogP contribution < -0.4 is 18.9 Å². The topological polar surface area (TPSA) is 71.1 Å². The summed E-state index contributed by atoms with van der Waals surface area (Å²) in [4.78, 5) is 25.4. The minimum absolute atomic E-state index is 0.178. The van der Waals surface area contributed by atoms with Crippen molar-refractivity contribution in [1.29, 1.82) is 0 Å². The van der Waals surface area contributed by atoms with Gasteiger partial charge in [0.15, 0.2) is 17.3 Å². The number of ether oxygens (including phenoxy) is 4. The molecular formula is C26H22O6. The van der Waals surface area contributed by atoms with Crippen LogP contribution in [0.1, 0.15) is 37.4 Å². The molecule has 0 unspecified atom stereocenters. The number of rotatable bonds is 5. The zero-order valence-corrected chi connectivity index (χ0v) is 18.2. The quantitative estimate of drug-likeness (QED) is 0.316. The van der Waals surface area contributed by atoms with Gasteiger partial charge in [0.2, 0.25) is 5.78 Å². The van der Waals surface area contributed by atoms with Crippen molar-refractivity contribution in [2.75, 3.05) is 14.2 Å². The van der Waals surface area contributed by atoms with E-state index in [0.717, 1.165) is 11.1 Å². The van der Waals surface area contributed by atoms with Crippen LogP contribution in [0, 0.1) is 13.8 Å². The number of benzene rings is 3. The van der Waals surface area contributed by atoms with Gasteiger partial charge in [-0.15, -0.1) is 0 Å². The zero-order chi connectivity index (χ0) is 22.8. The smallest absolute Gasteiger partial charge is 0.343 e. The molecule has 6 nitrogen and oxygen atoms in total. The van der Waals surface area contributed by atoms with E-state index in [-0.39, 0.29) is 11.5 Å². The van der Waals surface area contributed by atoms with E-state index in [9.17, 15) is 9.59 Å². The molecule has 1 aliphatic heterocycles. The second-order valence-electron chi connectivity index (χ2n) is 7.38. The van der Waals surface area contributed by atoms with E-state index in [2.05, 4.69) is 0 Å². The first-order valence-electron chi connectivity index (χ1n) is 10.00. The SMILES string of the molecule is COc1ccc(/C=C2\Oc3c(ccc(OC(=O)c4cccc(C)c4)c3C)C2=O)cc1OC. The van der Waals surface area contributed by atoms with E-state index < -0.39 is 5.97 Å². The van der Waals surface area contributed by atoms with Crippen molar-refractivity contribution < 1.29 is 28.5 Å². The van der Waals surface area contributed by atoms with Crippen molar-refractivity contribution in [3.63, 3.8) is 0 Å². The van der Waals surface area contributed by atoms with Crippen LogP contribution in [-0.4, -0.2) is 26.0 Å². The summed E-state index contributed by atoms with van der Waals surface area (Å²) in [6, 6.07) is 15.7. The number of methoxy groups -OCH3 is 2. The molecule has 0 saturated heterocycles. The number of ketones is 1. The van der Waals surface area contributed by atoms with E-state index in [0.29, 0.717) is 39.7 Å². The molecule has 4 rings (SSSR count). The summed E-state index contributed by atoms with van der Waals surface area (Å²) in [6.07, 6.45) is 1.64. The number of carbonyl (C=O) groups excluding carboxylic acids is 2. The lowest BCUT2D eigenvalue weighted by atomic mass is 10.1. The predicted molar refractivity (Wildman–Crippen MR) is 120 cm³/mol. The van der Waals surface area contributed by atoms with Gasteiger partial charge in [-0.3, -0.25) is 4.79 Å². The summed E-state index contributed by atoms with van der Waals surface area (Å²) in [5.74, 6) is 1.33. The third-order valence-electron chi connectivity index (χ3n) is 5.20. The summed E-state index contributed by atoms with van der Waals surface area (Å²) in [6.45, 7) is 3.66. The Labute approximate surface area is 186 Å². The summed E-state index contributed by atoms with van der Waals surface area (Å²) in [7, 11) is 3.10. The fourth-order valence-corrected chi connectivity index (χ4v) is 3.50. The molecule has 3 aromatic carbocycles. The largest absolute Gasteiger partial charge is 0.493 e. The van der Waals surface area contributed by atoms with E-state index in [1.54, 1.807) is 75.8 Å². The predicted octanol–water partition coefficient (Wildman–Crippen LogP) is 5.16. The molecular weight excluding hydrogens is 408 g/mol. The molecule has 0 atom stereocenters. The fourth-order valence-electron chi connectivity index (χ4n) is 3.50. The van der Waals surface area contributed by atoms with Gasteiger partial charge < -0.3 is 18.9 Å². The van der Waals surface area contributed by atoms with Crippen molar-refractivity contribution in [2.45, 2.75) is 13.8 Å². The van der Waals surface area contributed by atoms with Crippen LogP contribution in [0.4, 0.5) is 0 Å². The monoisotopic (exact) mass is 430 g/mol. The maximum Gasteiger partial charge on any atom is 0.343 e. The molecule has 0 aliphatic carbocycles. The van der Waals surface area contributed by atoms with Gasteiger partial charge in [-0.05, 0) is 61.9 Å². The first-order chi connectivity index (χ1) is 15.4. The Hall–Kier alpha value is -4.06. The van der Waals surface area contributed by atoms with E-state index >= 15 is 0 Å². The number of Topliss-reactive ketones (excluding diaryl/α,β-unsaturated/α-hetero) is 1. The molecule has 3 aromatic rings. The van der Waals surface area contributed by atoms with Gasteiger partial charge in [-0.1, -0.05) is 23.8 Å². The van der Waals surface area contributed by atoms with Gasteiger partial charge in [-0.25, -0.2) is 4.79 Å². The Morgan fingerprint density at radius 1 is 0.906 bits per heavy atom. The van der Waals surface area contributed by atoms with Crippen LogP contribution in [0.15, 0.2) is 60.4 Å². The molecule has 0 saturated carbocycles. The Morgan fingerprint density at radius 3 is 2.38 bits per heavy atom. The molecule has 1 aliphatic rings. The van der Waals surface area contributed by atoms with E-state index in [1.165, 1.54) is 0 Å². The highest BCUT2D eigenvalue weighted by Crippen LogP contribution is 2.40. The highest BCUT2D eigenvalue weighted by Gasteiger charge is 2.30. The fraction of sp³-hybridized carbons (Fsp3) is 0.154. The van der Waals surface area contributed by atoms with Crippen molar-refractivity contribution in [3.8, 4) is 23.0 Å². The zero-order valence-electron chi connectivity index (χ0n) is 18.2. The summed E-state index contributed by atoms with van der Waals surface area (Å²) in [5.41, 5.74) is 3.14. The molecule has 1 heterocycles. The first kappa shape index (κ1) is 21.2. The van der Waals surface area contributed by atoms with Crippen LogP contribution in [0.25, 0.3) is 6.08 Å². The molecule has 0 aromatic heterocycles. The Kier molecular flexibility index (Phi) is 5.69. The minimum atomic E-state index is -0.470. The van der Waals surface area contributed by atoms with Crippen molar-refractivity contribution in [1.82, 2.24) is 0 Å². The van der Waals surface area contributed by atoms with E-state index in [1.807, 2.05) is 13.0 Å². The molecule has 0 fully saturated rings. The average molecular weight is 430 g/mol. The summed E-state index contributed by atoms with van der Waals surface area (Å²) >= 11 is 0. The number of carbonyl (C=O) groups is 2. The maximum atomic E-state index is 12.9. The number of hydrogen-bond donors (Lipinski definition) is 0. The van der Waals surface area contributed by atoms with Crippen molar-refractivity contribution >= 4 is 17.8 Å². The summed E-state index contributed by atoms with van der Waals surface area (Å²) < 4.78 is 22.0. The number of esters is 1. The molecule has 0 N–H and O–H groups in total. The normalized spacial score (nSPS) is 13.5. The second-order valence-corrected chi connectivity index (χ2v) is 7.38. The van der Waals surface area contributed by atoms with Crippen molar-refractivity contribution in [3.05, 3.63) is 88.2 Å². The van der Waals surface area contributed by atoms with Crippen LogP contribution in [0.3, 0.4) is 0 Å². The maximum absolute atomic E-state index is 12.9. The third kappa shape index (κ3) is 3.95. The lowest BCUT2D eigenvalue weighted by molar-refractivity contribution is 0.0733. The third-order valence-corrected chi connectivity index (χ3v) is 5.20. The van der Waals surface area contributed by atoms with Gasteiger partial charge in [0.1, 0.15) is 11.5 Å². The van der Waals surface area contributed by atoms with E-state index in [4.69, 9.17) is 18.9 Å². The highest BCUT2D eigenvalue weighted by molar-refractivity contribution is 6.15. The number of fused-ring (bicyclic) bond motifs is 1. The standard InChI is InChI=1S/C26H22O6/c1-15-6-5-7-18(12-15)26(28)32-20-11-9-19-24(27)23(31-25(19)16(20)2)14-17-8-10-21(29-3)22(13-17)30-4/h5-14H,1-4H3/b23-14-. The van der Waals surface area contributed by atoms with Gasteiger partial charge in [-0.2, -0.15) is 0 Å². The Balaban J connectivity index is 1.61. The number of hydrogen-bond acceptors (Lipinski definition) is 6. The number of aryl methyl sites for hydroxylation is 1. The lowest BCUT2D eigenvalue weighted by Crippen LogP contribution is -2.09. The highest BCUT2D eigenvalue weighted by atomic mass is 16.5.